The Kier molecular flexibility index (Phi) is 7.80. The molecule has 0 aromatic carbocycles. The van der Waals surface area contributed by atoms with E-state index < -0.39 is 5.60 Å². The Balaban J connectivity index is 1.17. The topological polar surface area (TPSA) is 80.0 Å². The van der Waals surface area contributed by atoms with Crippen molar-refractivity contribution < 1.29 is 28.5 Å². The summed E-state index contributed by atoms with van der Waals surface area (Å²) in [4.78, 5) is 26.2. The second-order valence-corrected chi connectivity index (χ2v) is 15.4. The number of allylic oxidation sites excluding steroid dienone is 1. The Labute approximate surface area is 247 Å². The number of hydrogen-bond acceptors (Lipinski definition) is 6. The molecule has 7 rings (SSSR count). The summed E-state index contributed by atoms with van der Waals surface area (Å²) in [5, 5.41) is 0. The summed E-state index contributed by atoms with van der Waals surface area (Å²) in [5.41, 5.74) is 5.62. The fourth-order valence-corrected chi connectivity index (χ4v) is 10.4. The normalized spacial score (nSPS) is 46.0. The van der Waals surface area contributed by atoms with Crippen LogP contribution in [0.15, 0.2) is 24.3 Å². The molecule has 230 valence electrons. The molecule has 4 aliphatic carbocycles. The van der Waals surface area contributed by atoms with Crippen LogP contribution in [0.25, 0.3) is 0 Å². The maximum atomic E-state index is 13.0. The highest BCUT2D eigenvalue weighted by Gasteiger charge is 2.74. The van der Waals surface area contributed by atoms with E-state index in [9.17, 15) is 4.79 Å². The van der Waals surface area contributed by atoms with Crippen LogP contribution in [0.4, 0.5) is 0 Å². The van der Waals surface area contributed by atoms with E-state index in [1.54, 1.807) is 0 Å². The maximum Gasteiger partial charge on any atom is 0.362 e. The third-order valence-electron chi connectivity index (χ3n) is 12.9. The van der Waals surface area contributed by atoms with Gasteiger partial charge in [0.1, 0.15) is 30.4 Å². The van der Waals surface area contributed by atoms with Gasteiger partial charge in [0, 0.05) is 29.7 Å². The van der Waals surface area contributed by atoms with Gasteiger partial charge >= 0.3 is 5.97 Å². The molecule has 3 heterocycles. The van der Waals surface area contributed by atoms with E-state index in [-0.39, 0.29) is 34.5 Å². The first-order chi connectivity index (χ1) is 19.5. The molecule has 10 atom stereocenters. The molecule has 0 aromatic heterocycles. The average molecular weight is 572 g/mol. The third-order valence-corrected chi connectivity index (χ3v) is 12.9. The quantitative estimate of drug-likeness (QED) is 0.183. The summed E-state index contributed by atoms with van der Waals surface area (Å²) < 4.78 is 12.3. The lowest BCUT2D eigenvalue weighted by molar-refractivity contribution is -0.910. The van der Waals surface area contributed by atoms with Crippen molar-refractivity contribution in [2.24, 2.45) is 40.2 Å². The zero-order valence-corrected chi connectivity index (χ0v) is 26.2. The highest BCUT2D eigenvalue weighted by atomic mass is 17.2. The molecule has 2 spiro atoms. The van der Waals surface area contributed by atoms with Crippen molar-refractivity contribution in [1.82, 2.24) is 0 Å². The molecule has 7 nitrogen and oxygen atoms in total. The molecule has 3 saturated carbocycles. The second kappa shape index (κ2) is 10.7. The van der Waals surface area contributed by atoms with Crippen LogP contribution in [-0.4, -0.2) is 73.7 Å². The number of likely N-dealkylation sites (N-methyl/N-ethyl adjacent to an activating group) is 1. The van der Waals surface area contributed by atoms with Crippen molar-refractivity contribution in [2.75, 3.05) is 39.9 Å². The Morgan fingerprint density at radius 1 is 1.07 bits per heavy atom. The first-order valence-corrected chi connectivity index (χ1v) is 16.6. The van der Waals surface area contributed by atoms with Crippen molar-refractivity contribution in [2.45, 2.75) is 109 Å². The predicted octanol–water partition coefficient (Wildman–Crippen LogP) is 5.34. The lowest BCUT2D eigenvalue weighted by Crippen LogP contribution is -2.73. The van der Waals surface area contributed by atoms with Gasteiger partial charge in [-0.2, -0.15) is 0 Å². The number of fused-ring (bicyclic) bond motifs is 2. The number of nitrogens with zero attached hydrogens (tertiary/aromatic N) is 1. The zero-order valence-electron chi connectivity index (χ0n) is 26.2. The van der Waals surface area contributed by atoms with Gasteiger partial charge in [-0.05, 0) is 68.3 Å². The Bertz CT molecular complexity index is 1060. The number of nitrogens with two attached hydrogens (primary N) is 1. The van der Waals surface area contributed by atoms with E-state index >= 15 is 0 Å². The third kappa shape index (κ3) is 4.77. The molecule has 0 unspecified atom stereocenters. The zero-order chi connectivity index (χ0) is 29.1. The Morgan fingerprint density at radius 2 is 1.85 bits per heavy atom. The summed E-state index contributed by atoms with van der Waals surface area (Å²) >= 11 is 0. The molecular weight excluding hydrogens is 516 g/mol. The minimum Gasteiger partial charge on any atom is -0.458 e. The number of ether oxygens (including phenoxy) is 2. The molecule has 2 saturated heterocycles. The van der Waals surface area contributed by atoms with Crippen molar-refractivity contribution >= 4 is 5.97 Å². The van der Waals surface area contributed by atoms with Crippen LogP contribution in [0.1, 0.15) is 85.5 Å². The number of esters is 1. The summed E-state index contributed by atoms with van der Waals surface area (Å²) in [7, 11) is 2.13. The van der Waals surface area contributed by atoms with Gasteiger partial charge in [0.05, 0.1) is 20.3 Å². The maximum absolute atomic E-state index is 13.0. The number of carbonyl (C=O) groups excluding carboxylic acids is 1. The van der Waals surface area contributed by atoms with Crippen molar-refractivity contribution in [1.29, 1.82) is 0 Å². The van der Waals surface area contributed by atoms with Gasteiger partial charge in [-0.3, -0.25) is 0 Å². The van der Waals surface area contributed by atoms with Crippen LogP contribution in [0.3, 0.4) is 0 Å². The molecule has 5 fully saturated rings. The molecule has 41 heavy (non-hydrogen) atoms. The highest BCUT2D eigenvalue weighted by Crippen LogP contribution is 2.72. The van der Waals surface area contributed by atoms with E-state index in [2.05, 4.69) is 59.0 Å². The summed E-state index contributed by atoms with van der Waals surface area (Å²) in [6, 6.07) is 0.157. The fraction of sp³-hybridized carbons (Fsp3) is 0.853. The SMILES string of the molecule is CCC[C@@H](N)/C=C/[C@@H](C)[C@H]1CC[C@@H]2[C@]1(C)CC[C@H]1[C@]23C=C[C@]2(C[C@@H](OC(=O)C[N+]4(C)CCOCC4)CC[C@]12C)OO3. The van der Waals surface area contributed by atoms with Crippen molar-refractivity contribution in [3.05, 3.63) is 24.3 Å². The fourth-order valence-electron chi connectivity index (χ4n) is 10.4. The first-order valence-electron chi connectivity index (χ1n) is 16.6. The van der Waals surface area contributed by atoms with Gasteiger partial charge in [-0.25, -0.2) is 14.6 Å². The Morgan fingerprint density at radius 3 is 2.56 bits per heavy atom. The smallest absolute Gasteiger partial charge is 0.362 e. The van der Waals surface area contributed by atoms with Gasteiger partial charge in [-0.1, -0.05) is 52.3 Å². The number of quaternary nitrogens is 1. The number of carbonyl (C=O) groups is 1. The average Bonchev–Trinajstić information content (AvgIpc) is 3.30. The van der Waals surface area contributed by atoms with E-state index in [0.717, 1.165) is 45.2 Å². The number of morpholine rings is 1. The summed E-state index contributed by atoms with van der Waals surface area (Å²) in [6.45, 7) is 13.1. The van der Waals surface area contributed by atoms with Gasteiger partial charge in [0.2, 0.25) is 0 Å². The molecule has 0 radical (unpaired) electrons. The van der Waals surface area contributed by atoms with Gasteiger partial charge < -0.3 is 19.7 Å². The minimum atomic E-state index is -0.531. The predicted molar refractivity (Wildman–Crippen MR) is 158 cm³/mol. The van der Waals surface area contributed by atoms with Gasteiger partial charge in [0.15, 0.2) is 6.54 Å². The van der Waals surface area contributed by atoms with Crippen LogP contribution >= 0.6 is 0 Å². The van der Waals surface area contributed by atoms with Crippen LogP contribution in [0.2, 0.25) is 0 Å². The van der Waals surface area contributed by atoms with Crippen molar-refractivity contribution in [3.63, 3.8) is 0 Å². The standard InChI is InChI=1S/C34H55N2O5/c1-6-7-25(35)9-8-24(2)27-10-11-28-31(27,3)14-13-29-32(4)15-12-26(22-33(32)16-17-34(28,29)41-40-33)39-30(37)23-36(5)18-20-38-21-19-36/h8-9,16-17,24-29H,6-7,10-15,18-23,35H2,1-5H3/q+1/b9-8+/t24-,25-,26+,27-,28-,29-,31-,32-,33-,34+/m1/s1. The molecule has 2 N–H and O–H groups in total. The van der Waals surface area contributed by atoms with Crippen LogP contribution in [0, 0.1) is 34.5 Å². The van der Waals surface area contributed by atoms with Gasteiger partial charge in [-0.15, -0.1) is 0 Å². The summed E-state index contributed by atoms with van der Waals surface area (Å²) in [6.07, 6.45) is 18.7. The molecule has 7 heteroatoms. The molecular formula is C34H55N2O5+. The highest BCUT2D eigenvalue weighted by molar-refractivity contribution is 5.70. The monoisotopic (exact) mass is 571 g/mol. The van der Waals surface area contributed by atoms with Crippen LogP contribution in [-0.2, 0) is 24.0 Å². The molecule has 2 bridgehead atoms. The van der Waals surface area contributed by atoms with E-state index in [1.165, 1.54) is 19.3 Å². The van der Waals surface area contributed by atoms with E-state index in [4.69, 9.17) is 25.0 Å². The van der Waals surface area contributed by atoms with E-state index in [0.29, 0.717) is 54.3 Å². The minimum absolute atomic E-state index is 0.0243. The molecule has 3 aliphatic heterocycles. The molecule has 7 aliphatic rings. The van der Waals surface area contributed by atoms with Crippen molar-refractivity contribution in [3.8, 4) is 0 Å². The Hall–Kier alpha value is -1.25. The van der Waals surface area contributed by atoms with Crippen LogP contribution < -0.4 is 5.73 Å². The molecule has 0 amide bonds. The lowest BCUT2D eigenvalue weighted by Gasteiger charge is -2.69. The van der Waals surface area contributed by atoms with E-state index in [1.807, 2.05) is 0 Å². The second-order valence-electron chi connectivity index (χ2n) is 15.4. The summed E-state index contributed by atoms with van der Waals surface area (Å²) in [5.74, 6) is 1.88. The number of hydrogen-bond donors (Lipinski definition) is 1. The first kappa shape index (κ1) is 29.8. The van der Waals surface area contributed by atoms with Gasteiger partial charge in [0.25, 0.3) is 0 Å². The molecule has 0 aromatic rings. The van der Waals surface area contributed by atoms with Crippen LogP contribution in [0.5, 0.6) is 0 Å². The largest absolute Gasteiger partial charge is 0.458 e. The number of rotatable bonds is 8. The lowest BCUT2D eigenvalue weighted by atomic mass is 9.42.